The number of nitrogens with zero attached hydrogens (tertiary/aromatic N) is 3. The molecular weight excluding hydrogens is 248 g/mol. The van der Waals surface area contributed by atoms with Gasteiger partial charge in [-0.3, -0.25) is 4.90 Å². The van der Waals surface area contributed by atoms with Crippen LogP contribution in [0.1, 0.15) is 43.9 Å². The number of thioether (sulfide) groups is 1. The van der Waals surface area contributed by atoms with Gasteiger partial charge in [0.15, 0.2) is 5.82 Å². The second kappa shape index (κ2) is 6.04. The van der Waals surface area contributed by atoms with Gasteiger partial charge in [-0.2, -0.15) is 16.7 Å². The quantitative estimate of drug-likeness (QED) is 0.897. The molecule has 0 spiro atoms. The van der Waals surface area contributed by atoms with Gasteiger partial charge in [-0.05, 0) is 20.4 Å². The van der Waals surface area contributed by atoms with Crippen molar-refractivity contribution in [1.29, 1.82) is 0 Å². The summed E-state index contributed by atoms with van der Waals surface area (Å²) < 4.78 is 5.40. The van der Waals surface area contributed by atoms with Crippen molar-refractivity contribution in [3.05, 3.63) is 11.7 Å². The Morgan fingerprint density at radius 1 is 1.61 bits per heavy atom. The number of nitrogens with two attached hydrogens (primary N) is 1. The van der Waals surface area contributed by atoms with Crippen molar-refractivity contribution in [3.8, 4) is 0 Å². The van der Waals surface area contributed by atoms with Crippen LogP contribution in [-0.4, -0.2) is 46.2 Å². The number of hydrogen-bond donors (Lipinski definition) is 1. The Hall–Kier alpha value is -0.590. The summed E-state index contributed by atoms with van der Waals surface area (Å²) in [4.78, 5) is 6.85. The summed E-state index contributed by atoms with van der Waals surface area (Å²) in [6, 6.07) is 0.314. The fraction of sp³-hybridized carbons (Fsp3) is 0.833. The molecule has 1 aliphatic heterocycles. The molecule has 0 amide bonds. The molecule has 0 aliphatic carbocycles. The van der Waals surface area contributed by atoms with Crippen molar-refractivity contribution < 1.29 is 4.52 Å². The smallest absolute Gasteiger partial charge is 0.231 e. The highest BCUT2D eigenvalue weighted by Gasteiger charge is 2.28. The Balaban J connectivity index is 2.14. The van der Waals surface area contributed by atoms with E-state index in [-0.39, 0.29) is 18.0 Å². The summed E-state index contributed by atoms with van der Waals surface area (Å²) >= 11 is 1.94. The predicted molar refractivity (Wildman–Crippen MR) is 73.7 cm³/mol. The SMILES string of the molecule is CCC(c1nc(C2CSCCN2C)no1)C(C)N. The molecule has 1 aromatic heterocycles. The Morgan fingerprint density at radius 2 is 2.39 bits per heavy atom. The van der Waals surface area contributed by atoms with Gasteiger partial charge in [-0.25, -0.2) is 0 Å². The van der Waals surface area contributed by atoms with Crippen LogP contribution in [0, 0.1) is 0 Å². The van der Waals surface area contributed by atoms with Gasteiger partial charge < -0.3 is 10.3 Å². The van der Waals surface area contributed by atoms with Crippen molar-refractivity contribution in [3.63, 3.8) is 0 Å². The predicted octanol–water partition coefficient (Wildman–Crippen LogP) is 1.63. The minimum Gasteiger partial charge on any atom is -0.339 e. The van der Waals surface area contributed by atoms with Crippen molar-refractivity contribution in [2.75, 3.05) is 25.1 Å². The van der Waals surface area contributed by atoms with E-state index >= 15 is 0 Å². The van der Waals surface area contributed by atoms with Crippen molar-refractivity contribution in [1.82, 2.24) is 15.0 Å². The van der Waals surface area contributed by atoms with Gasteiger partial charge in [0.2, 0.25) is 5.89 Å². The molecule has 102 valence electrons. The molecule has 2 heterocycles. The highest BCUT2D eigenvalue weighted by Crippen LogP contribution is 2.28. The third kappa shape index (κ3) is 2.87. The second-order valence-corrected chi connectivity index (χ2v) is 6.09. The van der Waals surface area contributed by atoms with Crippen LogP contribution < -0.4 is 5.73 Å². The normalized spacial score (nSPS) is 25.0. The van der Waals surface area contributed by atoms with Gasteiger partial charge in [0.1, 0.15) is 0 Å². The Bertz CT molecular complexity index is 382. The standard InChI is InChI=1S/C12H22N4OS/c1-4-9(8(2)13)12-14-11(15-17-12)10-7-18-6-5-16(10)3/h8-10H,4-7,13H2,1-3H3. The zero-order chi connectivity index (χ0) is 13.1. The lowest BCUT2D eigenvalue weighted by molar-refractivity contribution is 0.255. The molecule has 1 aromatic rings. The largest absolute Gasteiger partial charge is 0.339 e. The second-order valence-electron chi connectivity index (χ2n) is 4.94. The molecular formula is C12H22N4OS. The van der Waals surface area contributed by atoms with E-state index in [0.717, 1.165) is 24.5 Å². The average Bonchev–Trinajstić information content (AvgIpc) is 2.79. The van der Waals surface area contributed by atoms with E-state index < -0.39 is 0 Å². The Kier molecular flexibility index (Phi) is 4.64. The Labute approximate surface area is 112 Å². The van der Waals surface area contributed by atoms with Crippen LogP contribution in [0.3, 0.4) is 0 Å². The van der Waals surface area contributed by atoms with Gasteiger partial charge in [-0.15, -0.1) is 0 Å². The maximum atomic E-state index is 5.95. The molecule has 3 atom stereocenters. The monoisotopic (exact) mass is 270 g/mol. The molecule has 3 unspecified atom stereocenters. The first-order valence-corrected chi connectivity index (χ1v) is 7.66. The third-order valence-corrected chi connectivity index (χ3v) is 4.57. The van der Waals surface area contributed by atoms with Gasteiger partial charge >= 0.3 is 0 Å². The minimum atomic E-state index is 0.0433. The number of aromatic nitrogens is 2. The molecule has 18 heavy (non-hydrogen) atoms. The first-order valence-electron chi connectivity index (χ1n) is 6.50. The average molecular weight is 270 g/mol. The third-order valence-electron chi connectivity index (χ3n) is 3.54. The van der Waals surface area contributed by atoms with Crippen LogP contribution in [0.5, 0.6) is 0 Å². The van der Waals surface area contributed by atoms with Gasteiger partial charge in [0.25, 0.3) is 0 Å². The van der Waals surface area contributed by atoms with E-state index in [2.05, 4.69) is 29.0 Å². The summed E-state index contributed by atoms with van der Waals surface area (Å²) in [6.45, 7) is 5.16. The van der Waals surface area contributed by atoms with E-state index in [1.165, 1.54) is 5.75 Å². The lowest BCUT2D eigenvalue weighted by Gasteiger charge is -2.29. The van der Waals surface area contributed by atoms with Crippen LogP contribution in [-0.2, 0) is 0 Å². The number of hydrogen-bond acceptors (Lipinski definition) is 6. The van der Waals surface area contributed by atoms with Crippen LogP contribution in [0.15, 0.2) is 4.52 Å². The van der Waals surface area contributed by atoms with E-state index in [4.69, 9.17) is 10.3 Å². The van der Waals surface area contributed by atoms with Gasteiger partial charge in [0.05, 0.1) is 12.0 Å². The number of rotatable bonds is 4. The van der Waals surface area contributed by atoms with Crippen LogP contribution >= 0.6 is 11.8 Å². The van der Waals surface area contributed by atoms with Crippen molar-refractivity contribution >= 4 is 11.8 Å². The van der Waals surface area contributed by atoms with Crippen molar-refractivity contribution in [2.24, 2.45) is 5.73 Å². The first kappa shape index (κ1) is 13.8. The molecule has 0 bridgehead atoms. The van der Waals surface area contributed by atoms with Gasteiger partial charge in [-0.1, -0.05) is 12.1 Å². The highest BCUT2D eigenvalue weighted by atomic mass is 32.2. The molecule has 0 saturated carbocycles. The van der Waals surface area contributed by atoms with Crippen molar-refractivity contribution in [2.45, 2.75) is 38.3 Å². The molecule has 0 aromatic carbocycles. The fourth-order valence-corrected chi connectivity index (χ4v) is 3.47. The van der Waals surface area contributed by atoms with E-state index in [0.29, 0.717) is 5.89 Å². The summed E-state index contributed by atoms with van der Waals surface area (Å²) in [5, 5.41) is 4.14. The van der Waals surface area contributed by atoms with Crippen LogP contribution in [0.4, 0.5) is 0 Å². The topological polar surface area (TPSA) is 68.2 Å². The molecule has 6 heteroatoms. The lowest BCUT2D eigenvalue weighted by atomic mass is 9.99. The molecule has 2 N–H and O–H groups in total. The zero-order valence-corrected chi connectivity index (χ0v) is 12.1. The summed E-state index contributed by atoms with van der Waals surface area (Å²) in [6.07, 6.45) is 0.925. The maximum absolute atomic E-state index is 5.95. The zero-order valence-electron chi connectivity index (χ0n) is 11.3. The molecule has 2 rings (SSSR count). The highest BCUT2D eigenvalue weighted by molar-refractivity contribution is 7.99. The molecule has 1 saturated heterocycles. The summed E-state index contributed by atoms with van der Waals surface area (Å²) in [7, 11) is 2.11. The summed E-state index contributed by atoms with van der Waals surface area (Å²) in [5.41, 5.74) is 5.95. The lowest BCUT2D eigenvalue weighted by Crippen LogP contribution is -2.33. The minimum absolute atomic E-state index is 0.0433. The van der Waals surface area contributed by atoms with Gasteiger partial charge in [0, 0.05) is 24.1 Å². The maximum Gasteiger partial charge on any atom is 0.231 e. The molecule has 0 radical (unpaired) electrons. The van der Waals surface area contributed by atoms with E-state index in [9.17, 15) is 0 Å². The summed E-state index contributed by atoms with van der Waals surface area (Å²) in [5.74, 6) is 3.86. The molecule has 1 fully saturated rings. The molecule has 1 aliphatic rings. The Morgan fingerprint density at radius 3 is 3.00 bits per heavy atom. The van der Waals surface area contributed by atoms with Crippen LogP contribution in [0.2, 0.25) is 0 Å². The first-order chi connectivity index (χ1) is 8.63. The van der Waals surface area contributed by atoms with E-state index in [1.807, 2.05) is 18.7 Å². The molecule has 5 nitrogen and oxygen atoms in total. The van der Waals surface area contributed by atoms with Crippen LogP contribution in [0.25, 0.3) is 0 Å². The van der Waals surface area contributed by atoms with E-state index in [1.54, 1.807) is 0 Å². The fourth-order valence-electron chi connectivity index (χ4n) is 2.26.